The molecule has 1 amide bonds. The maximum Gasteiger partial charge on any atom is 0.244 e. The Morgan fingerprint density at radius 1 is 1.59 bits per heavy atom. The van der Waals surface area contributed by atoms with Crippen molar-refractivity contribution in [1.82, 2.24) is 9.88 Å². The molecule has 0 aliphatic rings. The Hall–Kier alpha value is -1.78. The Balaban J connectivity index is 2.67. The number of hydrogen-bond acceptors (Lipinski definition) is 4. The van der Waals surface area contributed by atoms with Crippen molar-refractivity contribution < 1.29 is 4.79 Å². The van der Waals surface area contributed by atoms with Gasteiger partial charge in [0.05, 0.1) is 0 Å². The van der Waals surface area contributed by atoms with Crippen molar-refractivity contribution in [3.05, 3.63) is 18.3 Å². The molecular formula is C12H20N4O. The first kappa shape index (κ1) is 13.3. The number of rotatable bonds is 5. The van der Waals surface area contributed by atoms with E-state index in [9.17, 15) is 4.79 Å². The van der Waals surface area contributed by atoms with E-state index < -0.39 is 0 Å². The second-order valence-corrected chi connectivity index (χ2v) is 3.90. The molecule has 1 unspecified atom stereocenters. The molecule has 0 aliphatic carbocycles. The number of nitrogens with zero attached hydrogens (tertiary/aromatic N) is 2. The summed E-state index contributed by atoms with van der Waals surface area (Å²) < 4.78 is 0. The number of pyridine rings is 1. The first-order valence-electron chi connectivity index (χ1n) is 5.73. The second kappa shape index (κ2) is 6.08. The van der Waals surface area contributed by atoms with Crippen LogP contribution in [0.4, 0.5) is 11.5 Å². The molecule has 0 saturated carbocycles. The van der Waals surface area contributed by atoms with Crippen molar-refractivity contribution in [1.29, 1.82) is 0 Å². The van der Waals surface area contributed by atoms with Gasteiger partial charge in [-0.25, -0.2) is 4.98 Å². The van der Waals surface area contributed by atoms with Gasteiger partial charge in [-0.05, 0) is 19.9 Å². The van der Waals surface area contributed by atoms with Crippen LogP contribution >= 0.6 is 0 Å². The Bertz CT molecular complexity index is 381. The standard InChI is InChI=1S/C12H20N4O/c1-5-16(4)12(17)9(2)15-10-6-7-14-11(8-10)13-3/h6-9H,5H2,1-4H3,(H2,13,14,15). The number of carbonyl (C=O) groups is 1. The van der Waals surface area contributed by atoms with Crippen molar-refractivity contribution in [2.75, 3.05) is 31.3 Å². The molecule has 2 N–H and O–H groups in total. The molecule has 0 radical (unpaired) electrons. The van der Waals surface area contributed by atoms with Gasteiger partial charge in [-0.15, -0.1) is 0 Å². The van der Waals surface area contributed by atoms with E-state index in [1.54, 1.807) is 18.1 Å². The lowest BCUT2D eigenvalue weighted by Gasteiger charge is -2.21. The highest BCUT2D eigenvalue weighted by Gasteiger charge is 2.15. The fourth-order valence-electron chi connectivity index (χ4n) is 1.46. The average molecular weight is 236 g/mol. The van der Waals surface area contributed by atoms with Crippen molar-refractivity contribution in [3.8, 4) is 0 Å². The molecule has 1 aromatic rings. The third-order valence-corrected chi connectivity index (χ3v) is 2.62. The Kier molecular flexibility index (Phi) is 4.75. The maximum absolute atomic E-state index is 11.9. The van der Waals surface area contributed by atoms with E-state index >= 15 is 0 Å². The molecule has 0 saturated heterocycles. The minimum absolute atomic E-state index is 0.0790. The summed E-state index contributed by atoms with van der Waals surface area (Å²) in [4.78, 5) is 17.7. The molecule has 1 heterocycles. The molecule has 5 nitrogen and oxygen atoms in total. The van der Waals surface area contributed by atoms with Crippen LogP contribution in [0.3, 0.4) is 0 Å². The van der Waals surface area contributed by atoms with Crippen LogP contribution in [0.1, 0.15) is 13.8 Å². The third kappa shape index (κ3) is 3.62. The van der Waals surface area contributed by atoms with Crippen molar-refractivity contribution in [3.63, 3.8) is 0 Å². The third-order valence-electron chi connectivity index (χ3n) is 2.62. The normalized spacial score (nSPS) is 11.8. The minimum atomic E-state index is -0.243. The van der Waals surface area contributed by atoms with E-state index in [-0.39, 0.29) is 11.9 Å². The number of amides is 1. The van der Waals surface area contributed by atoms with Gasteiger partial charge in [-0.1, -0.05) is 0 Å². The SMILES string of the molecule is CCN(C)C(=O)C(C)Nc1ccnc(NC)c1. The average Bonchev–Trinajstić information content (AvgIpc) is 2.37. The maximum atomic E-state index is 11.9. The first-order chi connectivity index (χ1) is 8.08. The largest absolute Gasteiger partial charge is 0.374 e. The van der Waals surface area contributed by atoms with Gasteiger partial charge in [0, 0.05) is 38.6 Å². The van der Waals surface area contributed by atoms with E-state index in [4.69, 9.17) is 0 Å². The summed E-state index contributed by atoms with van der Waals surface area (Å²) >= 11 is 0. The summed E-state index contributed by atoms with van der Waals surface area (Å²) in [7, 11) is 3.61. The molecule has 1 aromatic heterocycles. The molecule has 0 fully saturated rings. The molecule has 0 spiro atoms. The lowest BCUT2D eigenvalue weighted by atomic mass is 10.2. The summed E-state index contributed by atoms with van der Waals surface area (Å²) in [6.07, 6.45) is 1.70. The van der Waals surface area contributed by atoms with Crippen LogP contribution in [-0.4, -0.2) is 42.5 Å². The molecule has 94 valence electrons. The topological polar surface area (TPSA) is 57.3 Å². The predicted octanol–water partition coefficient (Wildman–Crippen LogP) is 1.40. The van der Waals surface area contributed by atoms with Crippen LogP contribution in [0.5, 0.6) is 0 Å². The van der Waals surface area contributed by atoms with Gasteiger partial charge in [-0.2, -0.15) is 0 Å². The Morgan fingerprint density at radius 2 is 2.29 bits per heavy atom. The molecule has 0 aliphatic heterocycles. The van der Waals surface area contributed by atoms with Gasteiger partial charge >= 0.3 is 0 Å². The van der Waals surface area contributed by atoms with Gasteiger partial charge in [0.2, 0.25) is 5.91 Å². The summed E-state index contributed by atoms with van der Waals surface area (Å²) in [6.45, 7) is 4.52. The van der Waals surface area contributed by atoms with Gasteiger partial charge in [0.15, 0.2) is 0 Å². The quantitative estimate of drug-likeness (QED) is 0.811. The highest BCUT2D eigenvalue weighted by Crippen LogP contribution is 2.12. The zero-order valence-corrected chi connectivity index (χ0v) is 10.8. The Labute approximate surface area is 102 Å². The monoisotopic (exact) mass is 236 g/mol. The van der Waals surface area contributed by atoms with E-state index in [0.717, 1.165) is 11.5 Å². The van der Waals surface area contributed by atoms with Gasteiger partial charge < -0.3 is 15.5 Å². The predicted molar refractivity (Wildman–Crippen MR) is 70.2 cm³/mol. The van der Waals surface area contributed by atoms with Crippen molar-refractivity contribution in [2.24, 2.45) is 0 Å². The molecule has 0 bridgehead atoms. The van der Waals surface area contributed by atoms with Crippen LogP contribution in [0, 0.1) is 0 Å². The number of aromatic nitrogens is 1. The molecule has 5 heteroatoms. The number of hydrogen-bond donors (Lipinski definition) is 2. The number of likely N-dealkylation sites (N-methyl/N-ethyl adjacent to an activating group) is 1. The van der Waals surface area contributed by atoms with Crippen molar-refractivity contribution >= 4 is 17.4 Å². The summed E-state index contributed by atoms with van der Waals surface area (Å²) in [5.74, 6) is 0.855. The van der Waals surface area contributed by atoms with Crippen LogP contribution < -0.4 is 10.6 Å². The van der Waals surface area contributed by atoms with Crippen LogP contribution in [-0.2, 0) is 4.79 Å². The zero-order chi connectivity index (χ0) is 12.8. The minimum Gasteiger partial charge on any atom is -0.374 e. The number of nitrogens with one attached hydrogen (secondary N) is 2. The van der Waals surface area contributed by atoms with E-state index in [1.165, 1.54) is 0 Å². The molecular weight excluding hydrogens is 216 g/mol. The fraction of sp³-hybridized carbons (Fsp3) is 0.500. The molecule has 0 aromatic carbocycles. The highest BCUT2D eigenvalue weighted by atomic mass is 16.2. The summed E-state index contributed by atoms with van der Waals surface area (Å²) in [6, 6.07) is 3.47. The van der Waals surface area contributed by atoms with E-state index in [0.29, 0.717) is 6.54 Å². The highest BCUT2D eigenvalue weighted by molar-refractivity contribution is 5.84. The molecule has 17 heavy (non-hydrogen) atoms. The second-order valence-electron chi connectivity index (χ2n) is 3.90. The van der Waals surface area contributed by atoms with Gasteiger partial charge in [0.1, 0.15) is 11.9 Å². The number of anilines is 2. The smallest absolute Gasteiger partial charge is 0.244 e. The van der Waals surface area contributed by atoms with Gasteiger partial charge in [0.25, 0.3) is 0 Å². The summed E-state index contributed by atoms with van der Waals surface area (Å²) in [5.41, 5.74) is 0.884. The van der Waals surface area contributed by atoms with Crippen molar-refractivity contribution in [2.45, 2.75) is 19.9 Å². The van der Waals surface area contributed by atoms with Gasteiger partial charge in [-0.3, -0.25) is 4.79 Å². The lowest BCUT2D eigenvalue weighted by Crippen LogP contribution is -2.38. The summed E-state index contributed by atoms with van der Waals surface area (Å²) in [5, 5.41) is 6.12. The molecule has 1 atom stereocenters. The zero-order valence-electron chi connectivity index (χ0n) is 10.8. The van der Waals surface area contributed by atoms with Crippen LogP contribution in [0.25, 0.3) is 0 Å². The lowest BCUT2D eigenvalue weighted by molar-refractivity contribution is -0.130. The molecule has 1 rings (SSSR count). The van der Waals surface area contributed by atoms with Crippen LogP contribution in [0.15, 0.2) is 18.3 Å². The number of carbonyl (C=O) groups excluding carboxylic acids is 1. The Morgan fingerprint density at radius 3 is 2.88 bits per heavy atom. The van der Waals surface area contributed by atoms with E-state index in [2.05, 4.69) is 15.6 Å². The fourth-order valence-corrected chi connectivity index (χ4v) is 1.46. The van der Waals surface area contributed by atoms with E-state index in [1.807, 2.05) is 33.0 Å². The van der Waals surface area contributed by atoms with Crippen LogP contribution in [0.2, 0.25) is 0 Å². The first-order valence-corrected chi connectivity index (χ1v) is 5.73.